The van der Waals surface area contributed by atoms with Crippen LogP contribution >= 0.6 is 0 Å². The summed E-state index contributed by atoms with van der Waals surface area (Å²) in [5.41, 5.74) is 1.07. The molecule has 0 saturated heterocycles. The number of hydrogen-bond acceptors (Lipinski definition) is 3. The zero-order valence-electron chi connectivity index (χ0n) is 11.4. The molecule has 1 aromatic carbocycles. The minimum atomic E-state index is -3.21. The number of nitrogens with one attached hydrogen (secondary N) is 1. The Hall–Kier alpha value is -0.870. The smallest absolute Gasteiger partial charge is 0.182 e. The number of hydrogen-bond donors (Lipinski definition) is 1. The highest BCUT2D eigenvalue weighted by molar-refractivity contribution is 7.92. The van der Waals surface area contributed by atoms with Gasteiger partial charge in [-0.2, -0.15) is 0 Å². The van der Waals surface area contributed by atoms with Crippen molar-refractivity contribution in [1.82, 2.24) is 5.32 Å². The summed E-state index contributed by atoms with van der Waals surface area (Å²) in [6, 6.07) is 7.05. The molecule has 1 unspecified atom stereocenters. The highest BCUT2D eigenvalue weighted by atomic mass is 32.2. The van der Waals surface area contributed by atoms with Gasteiger partial charge in [0.25, 0.3) is 0 Å². The molecule has 0 fully saturated rings. The molecule has 0 amide bonds. The Morgan fingerprint density at radius 2 is 1.83 bits per heavy atom. The fraction of sp³-hybridized carbons (Fsp3) is 0.571. The zero-order chi connectivity index (χ0) is 13.6. The lowest BCUT2D eigenvalue weighted by molar-refractivity contribution is 0.567. The Morgan fingerprint density at radius 1 is 1.22 bits per heavy atom. The van der Waals surface area contributed by atoms with Crippen LogP contribution < -0.4 is 5.32 Å². The van der Waals surface area contributed by atoms with Crippen molar-refractivity contribution in [1.29, 1.82) is 0 Å². The second kappa shape index (κ2) is 6.90. The van der Waals surface area contributed by atoms with E-state index in [9.17, 15) is 8.42 Å². The lowest BCUT2D eigenvalue weighted by Gasteiger charge is -2.14. The molecule has 3 nitrogen and oxygen atoms in total. The van der Waals surface area contributed by atoms with Crippen LogP contribution in [0.1, 0.15) is 32.3 Å². The first-order valence-corrected chi connectivity index (χ1v) is 8.04. The van der Waals surface area contributed by atoms with Crippen molar-refractivity contribution in [2.24, 2.45) is 0 Å². The van der Waals surface area contributed by atoms with E-state index in [0.29, 0.717) is 11.4 Å². The Morgan fingerprint density at radius 3 is 2.39 bits per heavy atom. The molecule has 1 aromatic rings. The summed E-state index contributed by atoms with van der Waals surface area (Å²) in [5, 5.41) is 2.80. The van der Waals surface area contributed by atoms with Crippen LogP contribution in [0, 0.1) is 6.92 Å². The minimum Gasteiger partial charge on any atom is -0.315 e. The summed E-state index contributed by atoms with van der Waals surface area (Å²) in [5.74, 6) is 0. The van der Waals surface area contributed by atoms with E-state index in [1.807, 2.05) is 19.1 Å². The molecular weight excluding hydrogens is 246 g/mol. The summed E-state index contributed by atoms with van der Waals surface area (Å²) in [6.07, 6.45) is 2.20. The van der Waals surface area contributed by atoms with E-state index >= 15 is 0 Å². The molecule has 1 atom stereocenters. The molecule has 1 rings (SSSR count). The van der Waals surface area contributed by atoms with Gasteiger partial charge in [0.05, 0.1) is 10.1 Å². The topological polar surface area (TPSA) is 46.2 Å². The third-order valence-corrected chi connectivity index (χ3v) is 5.17. The van der Waals surface area contributed by atoms with E-state index in [1.165, 1.54) is 0 Å². The van der Waals surface area contributed by atoms with Crippen molar-refractivity contribution in [2.75, 3.05) is 13.1 Å². The molecule has 4 heteroatoms. The zero-order valence-corrected chi connectivity index (χ0v) is 12.3. The Balaban J connectivity index is 2.65. The van der Waals surface area contributed by atoms with Crippen LogP contribution in [-0.2, 0) is 9.84 Å². The lowest BCUT2D eigenvalue weighted by atomic mass is 10.2. The first-order valence-electron chi connectivity index (χ1n) is 6.49. The second-order valence-corrected chi connectivity index (χ2v) is 7.09. The van der Waals surface area contributed by atoms with Crippen LogP contribution in [0.15, 0.2) is 29.2 Å². The van der Waals surface area contributed by atoms with Crippen LogP contribution in [0.2, 0.25) is 0 Å². The summed E-state index contributed by atoms with van der Waals surface area (Å²) in [4.78, 5) is 0.415. The minimum absolute atomic E-state index is 0.392. The predicted octanol–water partition coefficient (Wildman–Crippen LogP) is 2.55. The van der Waals surface area contributed by atoms with Crippen molar-refractivity contribution in [3.8, 4) is 0 Å². The average Bonchev–Trinajstić information content (AvgIpc) is 2.35. The molecule has 0 bridgehead atoms. The van der Waals surface area contributed by atoms with Gasteiger partial charge >= 0.3 is 0 Å². The van der Waals surface area contributed by atoms with Crippen LogP contribution in [0.5, 0.6) is 0 Å². The van der Waals surface area contributed by atoms with Gasteiger partial charge in [0.1, 0.15) is 0 Å². The molecule has 0 aliphatic heterocycles. The maximum absolute atomic E-state index is 12.3. The quantitative estimate of drug-likeness (QED) is 0.774. The molecule has 1 N–H and O–H groups in total. The second-order valence-electron chi connectivity index (χ2n) is 4.73. The number of rotatable bonds is 7. The highest BCUT2D eigenvalue weighted by Gasteiger charge is 2.22. The fourth-order valence-corrected chi connectivity index (χ4v) is 2.99. The van der Waals surface area contributed by atoms with E-state index in [-0.39, 0.29) is 0 Å². The van der Waals surface area contributed by atoms with Gasteiger partial charge in [-0.25, -0.2) is 8.42 Å². The highest BCUT2D eigenvalue weighted by Crippen LogP contribution is 2.16. The SMILES string of the molecule is CCCCNCC(C)S(=O)(=O)c1ccc(C)cc1. The third kappa shape index (κ3) is 4.10. The summed E-state index contributed by atoms with van der Waals surface area (Å²) in [6.45, 7) is 7.22. The largest absolute Gasteiger partial charge is 0.315 e. The monoisotopic (exact) mass is 269 g/mol. The molecule has 0 heterocycles. The van der Waals surface area contributed by atoms with Crippen molar-refractivity contribution in [2.45, 2.75) is 43.8 Å². The van der Waals surface area contributed by atoms with Gasteiger partial charge in [0.2, 0.25) is 0 Å². The first kappa shape index (κ1) is 15.2. The summed E-state index contributed by atoms with van der Waals surface area (Å²) in [7, 11) is -3.21. The molecule has 0 spiro atoms. The standard InChI is InChI=1S/C14H23NO2S/c1-4-5-10-15-11-13(3)18(16,17)14-8-6-12(2)7-9-14/h6-9,13,15H,4-5,10-11H2,1-3H3. The maximum atomic E-state index is 12.3. The Labute approximate surface area is 111 Å². The fourth-order valence-electron chi connectivity index (χ4n) is 1.68. The van der Waals surface area contributed by atoms with Crippen molar-refractivity contribution in [3.63, 3.8) is 0 Å². The van der Waals surface area contributed by atoms with Gasteiger partial charge in [0, 0.05) is 6.54 Å². The van der Waals surface area contributed by atoms with Crippen LogP contribution in [-0.4, -0.2) is 26.8 Å². The number of unbranched alkanes of at least 4 members (excludes halogenated alkanes) is 1. The maximum Gasteiger partial charge on any atom is 0.182 e. The average molecular weight is 269 g/mol. The number of benzene rings is 1. The molecule has 0 aliphatic carbocycles. The van der Waals surface area contributed by atoms with Crippen molar-refractivity contribution < 1.29 is 8.42 Å². The molecule has 0 saturated carbocycles. The number of aryl methyl sites for hydroxylation is 1. The van der Waals surface area contributed by atoms with E-state index in [4.69, 9.17) is 0 Å². The summed E-state index contributed by atoms with van der Waals surface area (Å²) < 4.78 is 24.5. The molecule has 0 aliphatic rings. The van der Waals surface area contributed by atoms with Crippen LogP contribution in [0.4, 0.5) is 0 Å². The summed E-state index contributed by atoms with van der Waals surface area (Å²) >= 11 is 0. The Bertz CT molecular complexity index is 451. The van der Waals surface area contributed by atoms with Crippen molar-refractivity contribution >= 4 is 9.84 Å². The van der Waals surface area contributed by atoms with E-state index in [1.54, 1.807) is 19.1 Å². The number of sulfone groups is 1. The molecule has 18 heavy (non-hydrogen) atoms. The van der Waals surface area contributed by atoms with Crippen molar-refractivity contribution in [3.05, 3.63) is 29.8 Å². The Kier molecular flexibility index (Phi) is 5.82. The normalized spacial score (nSPS) is 13.5. The third-order valence-electron chi connectivity index (χ3n) is 3.02. The molecule has 0 aromatic heterocycles. The van der Waals surface area contributed by atoms with Gasteiger partial charge < -0.3 is 5.32 Å². The molecular formula is C14H23NO2S. The first-order chi connectivity index (χ1) is 8.48. The van der Waals surface area contributed by atoms with Gasteiger partial charge in [-0.15, -0.1) is 0 Å². The van der Waals surface area contributed by atoms with Gasteiger partial charge in [0.15, 0.2) is 9.84 Å². The predicted molar refractivity (Wildman–Crippen MR) is 75.6 cm³/mol. The van der Waals surface area contributed by atoms with Gasteiger partial charge in [-0.3, -0.25) is 0 Å². The van der Waals surface area contributed by atoms with E-state index in [2.05, 4.69) is 12.2 Å². The van der Waals surface area contributed by atoms with E-state index < -0.39 is 15.1 Å². The van der Waals surface area contributed by atoms with Crippen LogP contribution in [0.25, 0.3) is 0 Å². The lowest BCUT2D eigenvalue weighted by Crippen LogP contribution is -2.31. The van der Waals surface area contributed by atoms with Gasteiger partial charge in [-0.1, -0.05) is 31.0 Å². The van der Waals surface area contributed by atoms with Crippen LogP contribution in [0.3, 0.4) is 0 Å². The molecule has 0 radical (unpaired) electrons. The van der Waals surface area contributed by atoms with E-state index in [0.717, 1.165) is 24.9 Å². The van der Waals surface area contributed by atoms with Gasteiger partial charge in [-0.05, 0) is 38.9 Å². The molecule has 102 valence electrons.